The van der Waals surface area contributed by atoms with E-state index in [1.807, 2.05) is 13.0 Å². The zero-order chi connectivity index (χ0) is 13.3. The van der Waals surface area contributed by atoms with Gasteiger partial charge >= 0.3 is 0 Å². The summed E-state index contributed by atoms with van der Waals surface area (Å²) in [6.45, 7) is 2.04. The molecule has 6 heteroatoms. The Balaban J connectivity index is 2.61. The largest absolute Gasteiger partial charge is 0.323 e. The third-order valence-electron chi connectivity index (χ3n) is 3.10. The van der Waals surface area contributed by atoms with Crippen LogP contribution in [0.2, 0.25) is 0 Å². The molecule has 0 saturated carbocycles. The van der Waals surface area contributed by atoms with Gasteiger partial charge in [-0.25, -0.2) is 8.42 Å². The lowest BCUT2D eigenvalue weighted by molar-refractivity contribution is -0.115. The summed E-state index contributed by atoms with van der Waals surface area (Å²) >= 11 is 0. The third kappa shape index (κ3) is 1.91. The molecule has 2 N–H and O–H groups in total. The van der Waals surface area contributed by atoms with Crippen molar-refractivity contribution in [2.75, 3.05) is 18.9 Å². The van der Waals surface area contributed by atoms with Gasteiger partial charge in [0.15, 0.2) is 15.1 Å². The van der Waals surface area contributed by atoms with E-state index in [2.05, 4.69) is 10.6 Å². The average Bonchev–Trinajstić information content (AvgIpc) is 2.34. The number of carbonyl (C=O) groups excluding carboxylic acids is 1. The highest BCUT2D eigenvalue weighted by molar-refractivity contribution is 7.93. The topological polar surface area (TPSA) is 75.3 Å². The highest BCUT2D eigenvalue weighted by atomic mass is 32.2. The monoisotopic (exact) mass is 268 g/mol. The van der Waals surface area contributed by atoms with Gasteiger partial charge < -0.3 is 10.6 Å². The number of sulfone groups is 1. The number of nitrogens with one attached hydrogen (secondary N) is 2. The number of anilines is 1. The van der Waals surface area contributed by atoms with Crippen molar-refractivity contribution in [1.29, 1.82) is 0 Å². The van der Waals surface area contributed by atoms with Crippen molar-refractivity contribution in [3.63, 3.8) is 0 Å². The Kier molecular flexibility index (Phi) is 3.41. The molecule has 0 radical (unpaired) electrons. The minimum Gasteiger partial charge on any atom is -0.323 e. The number of rotatable bonds is 3. The number of benzene rings is 1. The van der Waals surface area contributed by atoms with Gasteiger partial charge in [-0.05, 0) is 25.1 Å². The third-order valence-corrected chi connectivity index (χ3v) is 5.19. The quantitative estimate of drug-likeness (QED) is 0.840. The number of amides is 1. The normalized spacial score (nSPS) is 21.2. The standard InChI is InChI=1S/C12H16N2O3S/c1-3-8-5-4-6-9-11(8)14-12(15)10(7-13-2)18(9,16)17/h4-6,10,13H,3,7H2,1-2H3,(H,14,15). The van der Waals surface area contributed by atoms with E-state index in [4.69, 9.17) is 0 Å². The van der Waals surface area contributed by atoms with Crippen LogP contribution in [0.25, 0.3) is 0 Å². The molecule has 98 valence electrons. The maximum Gasteiger partial charge on any atom is 0.244 e. The first-order valence-electron chi connectivity index (χ1n) is 5.83. The van der Waals surface area contributed by atoms with E-state index in [-0.39, 0.29) is 11.4 Å². The lowest BCUT2D eigenvalue weighted by Crippen LogP contribution is -2.45. The van der Waals surface area contributed by atoms with E-state index in [1.165, 1.54) is 0 Å². The minimum absolute atomic E-state index is 0.115. The summed E-state index contributed by atoms with van der Waals surface area (Å²) in [6, 6.07) is 5.09. The van der Waals surface area contributed by atoms with E-state index in [0.717, 1.165) is 5.56 Å². The zero-order valence-corrected chi connectivity index (χ0v) is 11.2. The van der Waals surface area contributed by atoms with Crippen molar-refractivity contribution in [1.82, 2.24) is 5.32 Å². The maximum absolute atomic E-state index is 12.4. The van der Waals surface area contributed by atoms with Crippen LogP contribution in [0.5, 0.6) is 0 Å². The fourth-order valence-corrected chi connectivity index (χ4v) is 3.90. The Hall–Kier alpha value is -1.40. The van der Waals surface area contributed by atoms with Crippen LogP contribution in [-0.2, 0) is 21.1 Å². The number of hydrogen-bond donors (Lipinski definition) is 2. The van der Waals surface area contributed by atoms with Crippen LogP contribution >= 0.6 is 0 Å². The Labute approximate surface area is 107 Å². The number of carbonyl (C=O) groups is 1. The lowest BCUT2D eigenvalue weighted by atomic mass is 10.1. The van der Waals surface area contributed by atoms with Gasteiger partial charge in [0.25, 0.3) is 0 Å². The Morgan fingerprint density at radius 3 is 2.72 bits per heavy atom. The van der Waals surface area contributed by atoms with Crippen molar-refractivity contribution in [2.45, 2.75) is 23.5 Å². The van der Waals surface area contributed by atoms with Crippen LogP contribution < -0.4 is 10.6 Å². The van der Waals surface area contributed by atoms with Gasteiger partial charge in [-0.15, -0.1) is 0 Å². The van der Waals surface area contributed by atoms with Gasteiger partial charge in [0.05, 0.1) is 10.6 Å². The molecule has 0 saturated heterocycles. The number of para-hydroxylation sites is 1. The first-order valence-corrected chi connectivity index (χ1v) is 7.38. The second-order valence-corrected chi connectivity index (χ2v) is 6.32. The van der Waals surface area contributed by atoms with Gasteiger partial charge in [-0.3, -0.25) is 4.79 Å². The van der Waals surface area contributed by atoms with Gasteiger partial charge in [-0.1, -0.05) is 19.1 Å². The highest BCUT2D eigenvalue weighted by Crippen LogP contribution is 2.33. The van der Waals surface area contributed by atoms with E-state index in [9.17, 15) is 13.2 Å². The molecule has 1 amide bonds. The predicted octanol–water partition coefficient (Wildman–Crippen LogP) is 0.563. The first-order chi connectivity index (χ1) is 8.52. The molecule has 0 fully saturated rings. The van der Waals surface area contributed by atoms with Crippen molar-refractivity contribution < 1.29 is 13.2 Å². The van der Waals surface area contributed by atoms with Gasteiger partial charge in [0.2, 0.25) is 5.91 Å². The summed E-state index contributed by atoms with van der Waals surface area (Å²) in [5, 5.41) is 4.40. The molecule has 2 rings (SSSR count). The molecule has 0 spiro atoms. The summed E-state index contributed by atoms with van der Waals surface area (Å²) in [4.78, 5) is 12.1. The summed E-state index contributed by atoms with van der Waals surface area (Å²) in [7, 11) is -1.98. The molecule has 0 bridgehead atoms. The minimum atomic E-state index is -3.60. The van der Waals surface area contributed by atoms with Crippen LogP contribution in [0.15, 0.2) is 23.1 Å². The van der Waals surface area contributed by atoms with Crippen LogP contribution in [0, 0.1) is 0 Å². The molecule has 0 aliphatic carbocycles. The van der Waals surface area contributed by atoms with Crippen LogP contribution in [0.4, 0.5) is 5.69 Å². The smallest absolute Gasteiger partial charge is 0.244 e. The number of hydrogen-bond acceptors (Lipinski definition) is 4. The molecule has 1 aromatic rings. The molecule has 1 aliphatic heterocycles. The SMILES string of the molecule is CCc1cccc2c1NC(=O)C(CNC)S2(=O)=O. The Morgan fingerprint density at radius 1 is 1.39 bits per heavy atom. The van der Waals surface area contributed by atoms with Crippen LogP contribution in [0.1, 0.15) is 12.5 Å². The van der Waals surface area contributed by atoms with Gasteiger partial charge in [0.1, 0.15) is 0 Å². The van der Waals surface area contributed by atoms with E-state index < -0.39 is 21.0 Å². The number of aryl methyl sites for hydroxylation is 1. The van der Waals surface area contributed by atoms with Crippen molar-refractivity contribution in [2.24, 2.45) is 0 Å². The lowest BCUT2D eigenvalue weighted by Gasteiger charge is -2.26. The van der Waals surface area contributed by atoms with Gasteiger partial charge in [0, 0.05) is 6.54 Å². The van der Waals surface area contributed by atoms with E-state index in [1.54, 1.807) is 19.2 Å². The summed E-state index contributed by atoms with van der Waals surface area (Å²) in [5.74, 6) is -0.460. The fourth-order valence-electron chi connectivity index (χ4n) is 2.14. The molecule has 1 unspecified atom stereocenters. The zero-order valence-electron chi connectivity index (χ0n) is 10.4. The maximum atomic E-state index is 12.4. The van der Waals surface area contributed by atoms with E-state index >= 15 is 0 Å². The molecule has 5 nitrogen and oxygen atoms in total. The average molecular weight is 268 g/mol. The van der Waals surface area contributed by atoms with Crippen LogP contribution in [-0.4, -0.2) is 33.2 Å². The molecular weight excluding hydrogens is 252 g/mol. The van der Waals surface area contributed by atoms with Crippen molar-refractivity contribution >= 4 is 21.4 Å². The molecule has 18 heavy (non-hydrogen) atoms. The molecule has 1 heterocycles. The Bertz CT molecular complexity index is 581. The molecule has 0 aromatic heterocycles. The Morgan fingerprint density at radius 2 is 2.11 bits per heavy atom. The number of fused-ring (bicyclic) bond motifs is 1. The molecule has 1 aromatic carbocycles. The highest BCUT2D eigenvalue weighted by Gasteiger charge is 2.40. The summed E-state index contributed by atoms with van der Waals surface area (Å²) < 4.78 is 24.7. The van der Waals surface area contributed by atoms with Crippen molar-refractivity contribution in [3.8, 4) is 0 Å². The molecular formula is C12H16N2O3S. The molecule has 1 atom stereocenters. The summed E-state index contributed by atoms with van der Waals surface area (Å²) in [5.41, 5.74) is 1.28. The molecule has 1 aliphatic rings. The second-order valence-electron chi connectivity index (χ2n) is 4.22. The fraction of sp³-hybridized carbons (Fsp3) is 0.417. The summed E-state index contributed by atoms with van der Waals surface area (Å²) in [6.07, 6.45) is 0.676. The van der Waals surface area contributed by atoms with Gasteiger partial charge in [-0.2, -0.15) is 0 Å². The van der Waals surface area contributed by atoms with Crippen molar-refractivity contribution in [3.05, 3.63) is 23.8 Å². The predicted molar refractivity (Wildman–Crippen MR) is 69.4 cm³/mol. The second kappa shape index (κ2) is 4.70. The van der Waals surface area contributed by atoms with Crippen LogP contribution in [0.3, 0.4) is 0 Å². The van der Waals surface area contributed by atoms with E-state index in [0.29, 0.717) is 12.1 Å². The first kappa shape index (κ1) is 13.0.